The van der Waals surface area contributed by atoms with Crippen LogP contribution in [0.2, 0.25) is 0 Å². The van der Waals surface area contributed by atoms with Gasteiger partial charge in [-0.2, -0.15) is 0 Å². The molecule has 0 aromatic rings. The minimum absolute atomic E-state index is 0.0105. The van der Waals surface area contributed by atoms with E-state index in [1.165, 1.54) is 0 Å². The van der Waals surface area contributed by atoms with Gasteiger partial charge in [-0.05, 0) is 6.42 Å². The first-order valence-electron chi connectivity index (χ1n) is 4.15. The van der Waals surface area contributed by atoms with E-state index in [-0.39, 0.29) is 19.3 Å². The summed E-state index contributed by atoms with van der Waals surface area (Å²) in [6.07, 6.45) is 2.22. The fourth-order valence-electron chi connectivity index (χ4n) is 0.815. The van der Waals surface area contributed by atoms with Gasteiger partial charge in [0.1, 0.15) is 12.6 Å². The monoisotopic (exact) mass is 184 g/mol. The van der Waals surface area contributed by atoms with Crippen LogP contribution in [0.25, 0.3) is 0 Å². The van der Waals surface area contributed by atoms with Gasteiger partial charge in [0.15, 0.2) is 11.6 Å². The van der Waals surface area contributed by atoms with Gasteiger partial charge in [0.2, 0.25) is 0 Å². The van der Waals surface area contributed by atoms with Crippen LogP contribution in [0, 0.1) is 0 Å². The first kappa shape index (κ1) is 11.7. The highest BCUT2D eigenvalue weighted by Crippen LogP contribution is 1.98. The molecule has 4 heteroatoms. The van der Waals surface area contributed by atoms with Crippen LogP contribution in [0.15, 0.2) is 0 Å². The van der Waals surface area contributed by atoms with Gasteiger partial charge in [-0.15, -0.1) is 0 Å². The maximum Gasteiger partial charge on any atom is 0.198 e. The van der Waals surface area contributed by atoms with E-state index >= 15 is 0 Å². The molecule has 0 aliphatic rings. The maximum atomic E-state index is 10.9. The number of hydrogen-bond donors (Lipinski definition) is 0. The number of rotatable bonds is 8. The van der Waals surface area contributed by atoms with E-state index in [2.05, 4.69) is 0 Å². The lowest BCUT2D eigenvalue weighted by atomic mass is 10.1. The molecule has 0 aliphatic carbocycles. The van der Waals surface area contributed by atoms with Crippen LogP contribution in [-0.4, -0.2) is 24.1 Å². The van der Waals surface area contributed by atoms with Crippen molar-refractivity contribution in [3.05, 3.63) is 0 Å². The van der Waals surface area contributed by atoms with E-state index in [1.54, 1.807) is 0 Å². The molecule has 0 heterocycles. The molecule has 0 bridgehead atoms. The predicted molar refractivity (Wildman–Crippen MR) is 45.2 cm³/mol. The van der Waals surface area contributed by atoms with Gasteiger partial charge in [0.05, 0.1) is 0 Å². The lowest BCUT2D eigenvalue weighted by Crippen LogP contribution is -2.13. The van der Waals surface area contributed by atoms with Crippen molar-refractivity contribution in [2.24, 2.45) is 0 Å². The van der Waals surface area contributed by atoms with Crippen LogP contribution in [0.4, 0.5) is 0 Å². The van der Waals surface area contributed by atoms with Gasteiger partial charge in [-0.1, -0.05) is 0 Å². The van der Waals surface area contributed by atoms with Gasteiger partial charge >= 0.3 is 0 Å². The Kier molecular flexibility index (Phi) is 6.59. The molecule has 0 saturated carbocycles. The zero-order chi connectivity index (χ0) is 10.1. The molecular formula is C9H12O4. The number of carbonyl (C=O) groups excluding carboxylic acids is 4. The quantitative estimate of drug-likeness (QED) is 0.312. The Labute approximate surface area is 76.3 Å². The molecule has 0 radical (unpaired) electrons. The van der Waals surface area contributed by atoms with Gasteiger partial charge in [-0.3, -0.25) is 9.59 Å². The molecule has 0 fully saturated rings. The van der Waals surface area contributed by atoms with Crippen molar-refractivity contribution >= 4 is 24.1 Å². The van der Waals surface area contributed by atoms with Gasteiger partial charge < -0.3 is 9.59 Å². The topological polar surface area (TPSA) is 68.3 Å². The van der Waals surface area contributed by atoms with Crippen LogP contribution < -0.4 is 0 Å². The smallest absolute Gasteiger partial charge is 0.198 e. The van der Waals surface area contributed by atoms with Gasteiger partial charge in [-0.25, -0.2) is 0 Å². The number of Topliss-reactive ketones (excluding diaryl/α,β-unsaturated/α-hetero) is 2. The van der Waals surface area contributed by atoms with E-state index in [4.69, 9.17) is 0 Å². The molecule has 0 unspecified atom stereocenters. The summed E-state index contributed by atoms with van der Waals surface area (Å²) in [5.74, 6) is -0.998. The second kappa shape index (κ2) is 7.34. The van der Waals surface area contributed by atoms with Crippen LogP contribution >= 0.6 is 0 Å². The molecule has 0 N–H and O–H groups in total. The second-order valence-corrected chi connectivity index (χ2v) is 2.61. The molecule has 72 valence electrons. The molecule has 0 spiro atoms. The zero-order valence-corrected chi connectivity index (χ0v) is 7.32. The summed E-state index contributed by atoms with van der Waals surface area (Å²) in [5, 5.41) is 0. The highest BCUT2D eigenvalue weighted by Gasteiger charge is 2.11. The van der Waals surface area contributed by atoms with E-state index < -0.39 is 11.6 Å². The van der Waals surface area contributed by atoms with Crippen molar-refractivity contribution in [2.45, 2.75) is 32.1 Å². The molecule has 0 rings (SSSR count). The van der Waals surface area contributed by atoms with Crippen LogP contribution in [0.5, 0.6) is 0 Å². The van der Waals surface area contributed by atoms with E-state index in [0.717, 1.165) is 0 Å². The second-order valence-electron chi connectivity index (χ2n) is 2.61. The van der Waals surface area contributed by atoms with Gasteiger partial charge in [0, 0.05) is 25.7 Å². The molecule has 0 saturated heterocycles. The van der Waals surface area contributed by atoms with Crippen LogP contribution in [0.3, 0.4) is 0 Å². The van der Waals surface area contributed by atoms with Crippen LogP contribution in [0.1, 0.15) is 32.1 Å². The van der Waals surface area contributed by atoms with E-state index in [0.29, 0.717) is 25.4 Å². The van der Waals surface area contributed by atoms with E-state index in [9.17, 15) is 19.2 Å². The average molecular weight is 184 g/mol. The highest BCUT2D eigenvalue weighted by molar-refractivity contribution is 6.37. The zero-order valence-electron chi connectivity index (χ0n) is 7.32. The summed E-state index contributed by atoms with van der Waals surface area (Å²) < 4.78 is 0. The van der Waals surface area contributed by atoms with E-state index in [1.807, 2.05) is 0 Å². The summed E-state index contributed by atoms with van der Waals surface area (Å²) in [4.78, 5) is 41.6. The standard InChI is InChI=1S/C9H12O4/c10-6-2-1-4-8(12)9(13)5-3-7-11/h6-7H,1-5H2. The van der Waals surface area contributed by atoms with Crippen LogP contribution in [-0.2, 0) is 19.2 Å². The molecule has 4 nitrogen and oxygen atoms in total. The molecule has 0 aromatic carbocycles. The Bertz CT molecular complexity index is 208. The summed E-state index contributed by atoms with van der Waals surface area (Å²) in [5.41, 5.74) is 0. The molecule has 0 aliphatic heterocycles. The Morgan fingerprint density at radius 3 is 1.92 bits per heavy atom. The fraction of sp³-hybridized carbons (Fsp3) is 0.556. The lowest BCUT2D eigenvalue weighted by molar-refractivity contribution is -0.137. The molecule has 0 amide bonds. The highest BCUT2D eigenvalue weighted by atomic mass is 16.2. The van der Waals surface area contributed by atoms with Gasteiger partial charge in [0.25, 0.3) is 0 Å². The number of aldehydes is 2. The minimum atomic E-state index is -0.516. The average Bonchev–Trinajstić information content (AvgIpc) is 2.14. The SMILES string of the molecule is O=CCCCC(=O)C(=O)CCC=O. The normalized spacial score (nSPS) is 9.23. The van der Waals surface area contributed by atoms with Crippen molar-refractivity contribution < 1.29 is 19.2 Å². The third kappa shape index (κ3) is 5.90. The summed E-state index contributed by atoms with van der Waals surface area (Å²) in [6.45, 7) is 0. The third-order valence-electron chi connectivity index (χ3n) is 1.53. The first-order valence-corrected chi connectivity index (χ1v) is 4.15. The van der Waals surface area contributed by atoms with Crippen molar-refractivity contribution in [1.29, 1.82) is 0 Å². The maximum absolute atomic E-state index is 10.9. The largest absolute Gasteiger partial charge is 0.303 e. The number of hydrogen-bond acceptors (Lipinski definition) is 4. The number of unbranched alkanes of at least 4 members (excludes halogenated alkanes) is 1. The molecule has 0 atom stereocenters. The van der Waals surface area contributed by atoms with Crippen molar-refractivity contribution in [3.8, 4) is 0 Å². The number of carbonyl (C=O) groups is 4. The molecular weight excluding hydrogens is 172 g/mol. The predicted octanol–water partition coefficient (Wildman–Crippen LogP) is 0.473. The van der Waals surface area contributed by atoms with Crippen molar-refractivity contribution in [3.63, 3.8) is 0 Å². The Morgan fingerprint density at radius 2 is 1.38 bits per heavy atom. The minimum Gasteiger partial charge on any atom is -0.303 e. The summed E-state index contributed by atoms with van der Waals surface area (Å²) >= 11 is 0. The lowest BCUT2D eigenvalue weighted by Gasteiger charge is -1.95. The van der Waals surface area contributed by atoms with Crippen molar-refractivity contribution in [1.82, 2.24) is 0 Å². The molecule has 13 heavy (non-hydrogen) atoms. The number of ketones is 2. The Morgan fingerprint density at radius 1 is 0.846 bits per heavy atom. The Hall–Kier alpha value is -1.32. The summed E-state index contributed by atoms with van der Waals surface area (Å²) in [7, 11) is 0. The third-order valence-corrected chi connectivity index (χ3v) is 1.53. The molecule has 0 aromatic heterocycles. The van der Waals surface area contributed by atoms with Crippen molar-refractivity contribution in [2.75, 3.05) is 0 Å². The fourth-order valence-corrected chi connectivity index (χ4v) is 0.815. The summed E-state index contributed by atoms with van der Waals surface area (Å²) in [6, 6.07) is 0. The first-order chi connectivity index (χ1) is 6.22. The Balaban J connectivity index is 3.62.